The van der Waals surface area contributed by atoms with E-state index >= 15 is 0 Å². The van der Waals surface area contributed by atoms with Gasteiger partial charge in [0.1, 0.15) is 24.9 Å². The Balaban J connectivity index is 1.61. The average Bonchev–Trinajstić information content (AvgIpc) is 3.04. The van der Waals surface area contributed by atoms with Crippen LogP contribution in [0.5, 0.6) is 5.75 Å². The summed E-state index contributed by atoms with van der Waals surface area (Å²) in [5.41, 5.74) is 3.04. The van der Waals surface area contributed by atoms with Gasteiger partial charge in [-0.05, 0) is 47.4 Å². The highest BCUT2D eigenvalue weighted by atomic mass is 32.2. The summed E-state index contributed by atoms with van der Waals surface area (Å²) in [4.78, 5) is 29.2. The van der Waals surface area contributed by atoms with E-state index in [-0.39, 0.29) is 18.9 Å². The molecular weight excluding hydrogens is 574 g/mol. The number of nitrogens with zero attached hydrogens (tertiary/aromatic N) is 2. The van der Waals surface area contributed by atoms with Gasteiger partial charge in [0.2, 0.25) is 21.8 Å². The van der Waals surface area contributed by atoms with Crippen molar-refractivity contribution in [3.8, 4) is 5.75 Å². The zero-order valence-electron chi connectivity index (χ0n) is 25.1. The summed E-state index contributed by atoms with van der Waals surface area (Å²) in [5, 5.41) is 2.94. The topological polar surface area (TPSA) is 96.0 Å². The van der Waals surface area contributed by atoms with Crippen LogP contribution in [0.1, 0.15) is 30.0 Å². The molecule has 1 unspecified atom stereocenters. The second-order valence-corrected chi connectivity index (χ2v) is 12.4. The van der Waals surface area contributed by atoms with Crippen LogP contribution >= 0.6 is 0 Å². The van der Waals surface area contributed by atoms with Crippen LogP contribution in [0.4, 0.5) is 5.69 Å². The van der Waals surface area contributed by atoms with Crippen molar-refractivity contribution < 1.29 is 22.7 Å². The highest BCUT2D eigenvalue weighted by molar-refractivity contribution is 7.92. The number of sulfonamides is 1. The van der Waals surface area contributed by atoms with Gasteiger partial charge in [0.25, 0.3) is 0 Å². The van der Waals surface area contributed by atoms with Crippen molar-refractivity contribution >= 4 is 27.5 Å². The summed E-state index contributed by atoms with van der Waals surface area (Å²) in [6.07, 6.45) is 2.08. The molecule has 0 aliphatic rings. The van der Waals surface area contributed by atoms with Gasteiger partial charge in [0.15, 0.2) is 0 Å². The lowest BCUT2D eigenvalue weighted by Crippen LogP contribution is -2.53. The van der Waals surface area contributed by atoms with E-state index in [1.54, 1.807) is 24.3 Å². The van der Waals surface area contributed by atoms with Crippen molar-refractivity contribution in [1.82, 2.24) is 10.2 Å². The monoisotopic (exact) mass is 613 g/mol. The minimum Gasteiger partial charge on any atom is -0.489 e. The Kier molecular flexibility index (Phi) is 11.5. The molecule has 1 N–H and O–H groups in total. The van der Waals surface area contributed by atoms with Crippen molar-refractivity contribution in [2.75, 3.05) is 23.7 Å². The first-order chi connectivity index (χ1) is 21.2. The molecule has 0 radical (unpaired) electrons. The Bertz CT molecular complexity index is 1580. The zero-order valence-corrected chi connectivity index (χ0v) is 26.0. The van der Waals surface area contributed by atoms with Crippen molar-refractivity contribution in [2.45, 2.75) is 39.0 Å². The molecule has 1 atom stereocenters. The fourth-order valence-corrected chi connectivity index (χ4v) is 5.61. The summed E-state index contributed by atoms with van der Waals surface area (Å²) < 4.78 is 33.0. The molecular formula is C35H39N3O5S. The lowest BCUT2D eigenvalue weighted by Gasteiger charge is -2.33. The van der Waals surface area contributed by atoms with E-state index in [9.17, 15) is 18.0 Å². The van der Waals surface area contributed by atoms with Crippen molar-refractivity contribution in [2.24, 2.45) is 0 Å². The molecule has 0 fully saturated rings. The summed E-state index contributed by atoms with van der Waals surface area (Å²) in [6.45, 7) is 2.46. The maximum Gasteiger partial charge on any atom is 0.244 e. The third-order valence-corrected chi connectivity index (χ3v) is 8.21. The van der Waals surface area contributed by atoms with Crippen molar-refractivity contribution in [3.63, 3.8) is 0 Å². The molecule has 4 aromatic rings. The second kappa shape index (κ2) is 15.7. The zero-order chi connectivity index (χ0) is 31.4. The van der Waals surface area contributed by atoms with E-state index in [0.29, 0.717) is 24.6 Å². The molecule has 44 heavy (non-hydrogen) atoms. The molecule has 4 aromatic carbocycles. The fourth-order valence-electron chi connectivity index (χ4n) is 4.76. The predicted molar refractivity (Wildman–Crippen MR) is 174 cm³/mol. The van der Waals surface area contributed by atoms with Crippen LogP contribution in [0.25, 0.3) is 0 Å². The molecule has 0 aliphatic carbocycles. The Labute approximate surface area is 260 Å². The van der Waals surface area contributed by atoms with Crippen LogP contribution in [0.2, 0.25) is 0 Å². The SMILES string of the molecule is CCCNC(=O)C(Cc1ccccc1)N(Cc1ccccc1)C(=O)CN(c1ccc(OCc2ccccc2)cc1)S(C)(=O)=O. The summed E-state index contributed by atoms with van der Waals surface area (Å²) in [5.74, 6) is -0.208. The number of carbonyl (C=O) groups is 2. The van der Waals surface area contributed by atoms with Gasteiger partial charge in [-0.2, -0.15) is 0 Å². The summed E-state index contributed by atoms with van der Waals surface area (Å²) in [6, 6.07) is 34.3. The average molecular weight is 614 g/mol. The van der Waals surface area contributed by atoms with Crippen molar-refractivity contribution in [3.05, 3.63) is 132 Å². The van der Waals surface area contributed by atoms with Crippen LogP contribution in [-0.4, -0.2) is 50.5 Å². The minimum absolute atomic E-state index is 0.139. The van der Waals surface area contributed by atoms with Crippen molar-refractivity contribution in [1.29, 1.82) is 0 Å². The molecule has 0 spiro atoms. The first-order valence-electron chi connectivity index (χ1n) is 14.6. The van der Waals surface area contributed by atoms with E-state index in [1.807, 2.05) is 97.9 Å². The van der Waals surface area contributed by atoms with E-state index < -0.39 is 28.5 Å². The highest BCUT2D eigenvalue weighted by Gasteiger charge is 2.32. The van der Waals surface area contributed by atoms with Gasteiger partial charge < -0.3 is 15.0 Å². The number of amides is 2. The lowest BCUT2D eigenvalue weighted by atomic mass is 10.0. The maximum atomic E-state index is 14.1. The number of benzene rings is 4. The molecule has 0 bridgehead atoms. The number of nitrogens with one attached hydrogen (secondary N) is 1. The Hall–Kier alpha value is -4.63. The smallest absolute Gasteiger partial charge is 0.244 e. The van der Waals surface area contributed by atoms with Gasteiger partial charge in [-0.1, -0.05) is 97.9 Å². The first kappa shape index (κ1) is 32.3. The summed E-state index contributed by atoms with van der Waals surface area (Å²) >= 11 is 0. The van der Waals surface area contributed by atoms with E-state index in [1.165, 1.54) is 4.90 Å². The maximum absolute atomic E-state index is 14.1. The lowest BCUT2D eigenvalue weighted by molar-refractivity contribution is -0.140. The first-order valence-corrected chi connectivity index (χ1v) is 16.5. The van der Waals surface area contributed by atoms with E-state index in [4.69, 9.17) is 4.74 Å². The number of anilines is 1. The number of rotatable bonds is 15. The number of carbonyl (C=O) groups excluding carboxylic acids is 2. The molecule has 230 valence electrons. The van der Waals surface area contributed by atoms with Gasteiger partial charge in [0, 0.05) is 19.5 Å². The standard InChI is InChI=1S/C35H39N3O5S/c1-3-23-36-35(40)33(24-28-13-7-4-8-14-28)37(25-29-15-9-5-10-16-29)34(39)26-38(44(2,41)42)31-19-21-32(22-20-31)43-27-30-17-11-6-12-18-30/h4-22,33H,3,23-27H2,1-2H3,(H,36,40). The van der Waals surface area contributed by atoms with E-state index in [0.717, 1.165) is 33.7 Å². The molecule has 0 heterocycles. The van der Waals surface area contributed by atoms with Gasteiger partial charge in [-0.3, -0.25) is 13.9 Å². The van der Waals surface area contributed by atoms with Gasteiger partial charge >= 0.3 is 0 Å². The molecule has 0 aliphatic heterocycles. The van der Waals surface area contributed by atoms with E-state index in [2.05, 4.69) is 5.32 Å². The molecule has 4 rings (SSSR count). The minimum atomic E-state index is -3.86. The molecule has 9 heteroatoms. The predicted octanol–water partition coefficient (Wildman–Crippen LogP) is 5.20. The Morgan fingerprint density at radius 3 is 1.86 bits per heavy atom. The Morgan fingerprint density at radius 2 is 1.32 bits per heavy atom. The molecule has 8 nitrogen and oxygen atoms in total. The molecule has 0 saturated heterocycles. The second-order valence-electron chi connectivity index (χ2n) is 10.5. The molecule has 2 amide bonds. The Morgan fingerprint density at radius 1 is 0.773 bits per heavy atom. The van der Waals surface area contributed by atoms with Gasteiger partial charge in [-0.25, -0.2) is 8.42 Å². The third kappa shape index (κ3) is 9.44. The largest absolute Gasteiger partial charge is 0.489 e. The number of hydrogen-bond acceptors (Lipinski definition) is 5. The molecule has 0 saturated carbocycles. The third-order valence-electron chi connectivity index (χ3n) is 7.07. The normalized spacial score (nSPS) is 11.8. The van der Waals surface area contributed by atoms with Crippen LogP contribution in [0.3, 0.4) is 0 Å². The quantitative estimate of drug-likeness (QED) is 0.199. The summed E-state index contributed by atoms with van der Waals surface area (Å²) in [7, 11) is -3.86. The number of ether oxygens (including phenoxy) is 1. The fraction of sp³-hybridized carbons (Fsp3) is 0.257. The van der Waals surface area contributed by atoms with Crippen LogP contribution in [0.15, 0.2) is 115 Å². The van der Waals surface area contributed by atoms with Gasteiger partial charge in [-0.15, -0.1) is 0 Å². The van der Waals surface area contributed by atoms with Crippen LogP contribution < -0.4 is 14.4 Å². The number of hydrogen-bond donors (Lipinski definition) is 1. The van der Waals surface area contributed by atoms with Crippen LogP contribution in [-0.2, 0) is 39.2 Å². The van der Waals surface area contributed by atoms with Crippen LogP contribution in [0, 0.1) is 0 Å². The van der Waals surface area contributed by atoms with Gasteiger partial charge in [0.05, 0.1) is 11.9 Å². The highest BCUT2D eigenvalue weighted by Crippen LogP contribution is 2.24. The molecule has 0 aromatic heterocycles.